The summed E-state index contributed by atoms with van der Waals surface area (Å²) in [6, 6.07) is 16.3. The molecule has 0 radical (unpaired) electrons. The molecule has 1 saturated heterocycles. The van der Waals surface area contributed by atoms with Crippen LogP contribution < -0.4 is 20.7 Å². The molecule has 1 fully saturated rings. The lowest BCUT2D eigenvalue weighted by atomic mass is 10.1. The van der Waals surface area contributed by atoms with Crippen LogP contribution in [0.1, 0.15) is 12.0 Å². The molecule has 1 unspecified atom stereocenters. The zero-order valence-electron chi connectivity index (χ0n) is 15.3. The second kappa shape index (κ2) is 9.66. The van der Waals surface area contributed by atoms with Crippen molar-refractivity contribution in [1.29, 1.82) is 0 Å². The number of aryl methyl sites for hydroxylation is 1. The van der Waals surface area contributed by atoms with E-state index in [1.807, 2.05) is 24.3 Å². The van der Waals surface area contributed by atoms with Crippen molar-refractivity contribution in [3.8, 4) is 5.75 Å². The van der Waals surface area contributed by atoms with Gasteiger partial charge in [-0.3, -0.25) is 4.99 Å². The van der Waals surface area contributed by atoms with E-state index < -0.39 is 0 Å². The second-order valence-corrected chi connectivity index (χ2v) is 6.52. The van der Waals surface area contributed by atoms with Crippen LogP contribution in [0.5, 0.6) is 5.75 Å². The zero-order chi connectivity index (χ0) is 17.6. The number of methoxy groups -OCH3 is 1. The quantitative estimate of drug-likeness (QED) is 0.399. The first-order valence-electron chi connectivity index (χ1n) is 8.66. The van der Waals surface area contributed by atoms with Crippen molar-refractivity contribution in [3.05, 3.63) is 54.1 Å². The van der Waals surface area contributed by atoms with E-state index in [2.05, 4.69) is 46.4 Å². The topological polar surface area (TPSA) is 62.9 Å². The number of aliphatic imine (C=N–C) groups is 1. The Bertz CT molecular complexity index is 733. The van der Waals surface area contributed by atoms with E-state index in [0.29, 0.717) is 11.9 Å². The third-order valence-corrected chi connectivity index (χ3v) is 4.55. The molecule has 26 heavy (non-hydrogen) atoms. The Morgan fingerprint density at radius 1 is 1.27 bits per heavy atom. The molecule has 0 saturated carbocycles. The van der Waals surface area contributed by atoms with E-state index in [4.69, 9.17) is 10.5 Å². The van der Waals surface area contributed by atoms with Gasteiger partial charge in [0.1, 0.15) is 5.75 Å². The highest BCUT2D eigenvalue weighted by Gasteiger charge is 2.22. The van der Waals surface area contributed by atoms with Crippen LogP contribution in [0, 0.1) is 12.8 Å². The molecular formula is C20H27IN4O. The molecule has 1 aliphatic heterocycles. The van der Waals surface area contributed by atoms with Crippen LogP contribution in [0.25, 0.3) is 0 Å². The summed E-state index contributed by atoms with van der Waals surface area (Å²) in [6.07, 6.45) is 1.12. The van der Waals surface area contributed by atoms with Crippen molar-refractivity contribution in [3.63, 3.8) is 0 Å². The molecule has 0 amide bonds. The van der Waals surface area contributed by atoms with Crippen LogP contribution in [-0.2, 0) is 0 Å². The van der Waals surface area contributed by atoms with E-state index in [0.717, 1.165) is 37.5 Å². The minimum Gasteiger partial charge on any atom is -0.497 e. The molecule has 6 heteroatoms. The van der Waals surface area contributed by atoms with E-state index in [1.54, 1.807) is 7.11 Å². The Labute approximate surface area is 172 Å². The summed E-state index contributed by atoms with van der Waals surface area (Å²) in [5.41, 5.74) is 9.41. The van der Waals surface area contributed by atoms with Gasteiger partial charge in [-0.05, 0) is 43.5 Å². The fourth-order valence-electron chi connectivity index (χ4n) is 3.08. The number of nitrogens with zero attached hydrogens (tertiary/aromatic N) is 2. The van der Waals surface area contributed by atoms with Crippen molar-refractivity contribution >= 4 is 41.3 Å². The molecule has 1 heterocycles. The molecule has 5 nitrogen and oxygen atoms in total. The van der Waals surface area contributed by atoms with E-state index in [9.17, 15) is 0 Å². The van der Waals surface area contributed by atoms with Gasteiger partial charge < -0.3 is 20.7 Å². The van der Waals surface area contributed by atoms with Crippen LogP contribution in [0.2, 0.25) is 0 Å². The summed E-state index contributed by atoms with van der Waals surface area (Å²) < 4.78 is 5.31. The van der Waals surface area contributed by atoms with Crippen molar-refractivity contribution in [2.45, 2.75) is 13.3 Å². The highest BCUT2D eigenvalue weighted by atomic mass is 127. The summed E-state index contributed by atoms with van der Waals surface area (Å²) in [6.45, 7) is 4.84. The number of nitrogens with one attached hydrogen (secondary N) is 1. The number of rotatable bonds is 5. The molecule has 1 atom stereocenters. The number of anilines is 2. The fraction of sp³-hybridized carbons (Fsp3) is 0.350. The van der Waals surface area contributed by atoms with Gasteiger partial charge in [0.25, 0.3) is 0 Å². The van der Waals surface area contributed by atoms with Crippen molar-refractivity contribution in [2.24, 2.45) is 16.6 Å². The molecule has 3 rings (SSSR count). The first kappa shape index (κ1) is 20.4. The minimum absolute atomic E-state index is 0. The number of hydrogen-bond acceptors (Lipinski definition) is 3. The second-order valence-electron chi connectivity index (χ2n) is 6.52. The Balaban J connectivity index is 0.00000243. The molecule has 0 spiro atoms. The van der Waals surface area contributed by atoms with E-state index in [-0.39, 0.29) is 24.0 Å². The summed E-state index contributed by atoms with van der Waals surface area (Å²) in [5.74, 6) is 1.89. The van der Waals surface area contributed by atoms with E-state index >= 15 is 0 Å². The van der Waals surface area contributed by atoms with Crippen LogP contribution >= 0.6 is 24.0 Å². The molecule has 0 aliphatic carbocycles. The average molecular weight is 466 g/mol. The normalized spacial score (nSPS) is 16.9. The number of halogens is 1. The predicted molar refractivity (Wildman–Crippen MR) is 120 cm³/mol. The van der Waals surface area contributed by atoms with Crippen molar-refractivity contribution in [1.82, 2.24) is 0 Å². The molecule has 2 aromatic carbocycles. The monoisotopic (exact) mass is 466 g/mol. The Hall–Kier alpha value is -1.96. The molecule has 0 aromatic heterocycles. The Morgan fingerprint density at radius 3 is 2.77 bits per heavy atom. The Kier molecular flexibility index (Phi) is 7.56. The maximum Gasteiger partial charge on any atom is 0.193 e. The van der Waals surface area contributed by atoms with Gasteiger partial charge in [-0.15, -0.1) is 24.0 Å². The van der Waals surface area contributed by atoms with E-state index in [1.165, 1.54) is 11.3 Å². The van der Waals surface area contributed by atoms with Gasteiger partial charge in [0.15, 0.2) is 5.96 Å². The van der Waals surface area contributed by atoms with Gasteiger partial charge in [-0.1, -0.05) is 23.8 Å². The lowest BCUT2D eigenvalue weighted by molar-refractivity contribution is 0.415. The maximum absolute atomic E-state index is 6.01. The van der Waals surface area contributed by atoms with Crippen molar-refractivity contribution < 1.29 is 4.74 Å². The summed E-state index contributed by atoms with van der Waals surface area (Å²) in [4.78, 5) is 6.90. The van der Waals surface area contributed by atoms with Gasteiger partial charge >= 0.3 is 0 Å². The fourth-order valence-corrected chi connectivity index (χ4v) is 3.08. The number of benzene rings is 2. The number of hydrogen-bond donors (Lipinski definition) is 2. The molecule has 1 aliphatic rings. The first-order valence-corrected chi connectivity index (χ1v) is 8.66. The van der Waals surface area contributed by atoms with Crippen molar-refractivity contribution in [2.75, 3.05) is 37.0 Å². The third-order valence-electron chi connectivity index (χ3n) is 4.55. The number of guanidine groups is 1. The summed E-state index contributed by atoms with van der Waals surface area (Å²) >= 11 is 0. The summed E-state index contributed by atoms with van der Waals surface area (Å²) in [5, 5.41) is 3.15. The van der Waals surface area contributed by atoms with Gasteiger partial charge in [-0.25, -0.2) is 0 Å². The van der Waals surface area contributed by atoms with Crippen LogP contribution in [0.15, 0.2) is 53.5 Å². The minimum atomic E-state index is 0. The number of nitrogens with two attached hydrogens (primary N) is 1. The van der Waals surface area contributed by atoms with Crippen LogP contribution in [0.4, 0.5) is 11.4 Å². The molecule has 0 bridgehead atoms. The lowest BCUT2D eigenvalue weighted by Crippen LogP contribution is -2.25. The molecule has 140 valence electrons. The highest BCUT2D eigenvalue weighted by Crippen LogP contribution is 2.27. The molecule has 3 N–H and O–H groups in total. The molecular weight excluding hydrogens is 439 g/mol. The van der Waals surface area contributed by atoms with Gasteiger partial charge in [-0.2, -0.15) is 0 Å². The zero-order valence-corrected chi connectivity index (χ0v) is 17.6. The number of ether oxygens (including phenoxy) is 1. The van der Waals surface area contributed by atoms with Crippen LogP contribution in [0.3, 0.4) is 0 Å². The molecule has 2 aromatic rings. The van der Waals surface area contributed by atoms with Gasteiger partial charge in [0.05, 0.1) is 7.11 Å². The third kappa shape index (κ3) is 5.52. The standard InChI is InChI=1S/C20H26N4O.HI/c1-15-6-8-17(9-7-15)23-20(21)22-13-16-10-11-24(14-16)18-4-3-5-19(12-18)25-2;/h3-9,12,16H,10-11,13-14H2,1-2H3,(H3,21,22,23);1H. The highest BCUT2D eigenvalue weighted by molar-refractivity contribution is 14.0. The van der Waals surface area contributed by atoms with Crippen LogP contribution in [-0.4, -0.2) is 32.7 Å². The average Bonchev–Trinajstić information content (AvgIpc) is 3.11. The summed E-state index contributed by atoms with van der Waals surface area (Å²) in [7, 11) is 1.70. The SMILES string of the molecule is COc1cccc(N2CCC(CN=C(N)Nc3ccc(C)cc3)C2)c1.I. The van der Waals surface area contributed by atoms with Gasteiger partial charge in [0, 0.05) is 37.1 Å². The first-order chi connectivity index (χ1) is 12.1. The van der Waals surface area contributed by atoms with Gasteiger partial charge in [0.2, 0.25) is 0 Å². The maximum atomic E-state index is 6.01. The predicted octanol–water partition coefficient (Wildman–Crippen LogP) is 3.87. The smallest absolute Gasteiger partial charge is 0.193 e. The lowest BCUT2D eigenvalue weighted by Gasteiger charge is -2.19. The largest absolute Gasteiger partial charge is 0.497 e. The Morgan fingerprint density at radius 2 is 2.04 bits per heavy atom.